The molecule has 1 aromatic carbocycles. The second-order valence-electron chi connectivity index (χ2n) is 6.41. The van der Waals surface area contributed by atoms with Crippen LogP contribution in [0.15, 0.2) is 64.3 Å². The maximum absolute atomic E-state index is 12.8. The number of sulfonamides is 1. The monoisotopic (exact) mass is 370 g/mol. The third-order valence-electron chi connectivity index (χ3n) is 4.66. The summed E-state index contributed by atoms with van der Waals surface area (Å²) in [6.07, 6.45) is 3.33. The van der Waals surface area contributed by atoms with Crippen LogP contribution in [-0.2, 0) is 10.0 Å². The molecule has 0 spiro atoms. The lowest BCUT2D eigenvalue weighted by Crippen LogP contribution is -2.29. The van der Waals surface area contributed by atoms with Gasteiger partial charge in [-0.15, -0.1) is 0 Å². The van der Waals surface area contributed by atoms with E-state index in [2.05, 4.69) is 15.1 Å². The highest BCUT2D eigenvalue weighted by molar-refractivity contribution is 7.89. The first-order valence-electron chi connectivity index (χ1n) is 8.35. The number of hydrogen-bond donors (Lipinski definition) is 0. The molecule has 2 atom stereocenters. The Morgan fingerprint density at radius 3 is 2.54 bits per heavy atom. The molecule has 7 nitrogen and oxygen atoms in total. The van der Waals surface area contributed by atoms with Crippen molar-refractivity contribution in [3.8, 4) is 11.4 Å². The highest BCUT2D eigenvalue weighted by atomic mass is 32.2. The number of nitrogens with zero attached hydrogens (tertiary/aromatic N) is 4. The average molecular weight is 370 g/mol. The Labute approximate surface area is 151 Å². The fourth-order valence-corrected chi connectivity index (χ4v) is 4.77. The normalized spacial score (nSPS) is 21.1. The van der Waals surface area contributed by atoms with Gasteiger partial charge in [0.15, 0.2) is 0 Å². The first-order chi connectivity index (χ1) is 12.6. The third-order valence-corrected chi connectivity index (χ3v) is 6.50. The minimum Gasteiger partial charge on any atom is -0.339 e. The van der Waals surface area contributed by atoms with Crippen LogP contribution in [0.4, 0.5) is 0 Å². The lowest BCUT2D eigenvalue weighted by molar-refractivity contribution is 0.338. The zero-order valence-corrected chi connectivity index (χ0v) is 15.0. The van der Waals surface area contributed by atoms with Gasteiger partial charge in [0.25, 0.3) is 0 Å². The quantitative estimate of drug-likeness (QED) is 0.701. The molecule has 1 saturated heterocycles. The Kier molecular flexibility index (Phi) is 4.29. The lowest BCUT2D eigenvalue weighted by atomic mass is 9.98. The molecule has 2 aromatic heterocycles. The van der Waals surface area contributed by atoms with E-state index in [1.165, 1.54) is 4.31 Å². The Balaban J connectivity index is 1.58. The van der Waals surface area contributed by atoms with Crippen molar-refractivity contribution < 1.29 is 12.9 Å². The summed E-state index contributed by atoms with van der Waals surface area (Å²) in [4.78, 5) is 8.75. The van der Waals surface area contributed by atoms with Gasteiger partial charge in [-0.3, -0.25) is 4.98 Å². The number of benzene rings is 1. The van der Waals surface area contributed by atoms with E-state index in [0.717, 1.165) is 5.56 Å². The molecule has 1 fully saturated rings. The Hall–Kier alpha value is -2.58. The van der Waals surface area contributed by atoms with Crippen LogP contribution in [0.1, 0.15) is 18.7 Å². The van der Waals surface area contributed by atoms with Crippen molar-refractivity contribution in [2.75, 3.05) is 13.1 Å². The van der Waals surface area contributed by atoms with Crippen molar-refractivity contribution in [2.24, 2.45) is 5.92 Å². The van der Waals surface area contributed by atoms with E-state index >= 15 is 0 Å². The van der Waals surface area contributed by atoms with Crippen molar-refractivity contribution in [3.63, 3.8) is 0 Å². The maximum Gasteiger partial charge on any atom is 0.243 e. The highest BCUT2D eigenvalue weighted by Gasteiger charge is 2.40. The molecule has 0 bridgehead atoms. The SMILES string of the molecule is C[C@H]1CN(S(=O)(=O)c2ccccc2)C[C@@H]1c1nc(-c2ccncc2)no1. The predicted octanol–water partition coefficient (Wildman–Crippen LogP) is 2.56. The summed E-state index contributed by atoms with van der Waals surface area (Å²) in [5.74, 6) is 0.907. The summed E-state index contributed by atoms with van der Waals surface area (Å²) in [5, 5.41) is 4.03. The summed E-state index contributed by atoms with van der Waals surface area (Å²) in [6, 6.07) is 12.1. The van der Waals surface area contributed by atoms with Crippen LogP contribution in [0, 0.1) is 5.92 Å². The first kappa shape index (κ1) is 16.9. The van der Waals surface area contributed by atoms with Gasteiger partial charge in [0.05, 0.1) is 10.8 Å². The van der Waals surface area contributed by atoms with E-state index < -0.39 is 10.0 Å². The van der Waals surface area contributed by atoms with E-state index in [1.807, 2.05) is 6.92 Å². The zero-order valence-electron chi connectivity index (χ0n) is 14.2. The van der Waals surface area contributed by atoms with Crippen LogP contribution in [-0.4, -0.2) is 40.9 Å². The zero-order chi connectivity index (χ0) is 18.1. The molecule has 0 N–H and O–H groups in total. The first-order valence-corrected chi connectivity index (χ1v) is 9.79. The molecule has 0 aliphatic carbocycles. The highest BCUT2D eigenvalue weighted by Crippen LogP contribution is 2.35. The van der Waals surface area contributed by atoms with Crippen LogP contribution < -0.4 is 0 Å². The van der Waals surface area contributed by atoms with Crippen LogP contribution in [0.5, 0.6) is 0 Å². The van der Waals surface area contributed by atoms with Gasteiger partial charge in [-0.1, -0.05) is 30.3 Å². The van der Waals surface area contributed by atoms with Crippen LogP contribution in [0.3, 0.4) is 0 Å². The lowest BCUT2D eigenvalue weighted by Gasteiger charge is -2.15. The van der Waals surface area contributed by atoms with Gasteiger partial charge in [0, 0.05) is 31.0 Å². The minimum atomic E-state index is -3.52. The standard InChI is InChI=1S/C18H18N4O3S/c1-13-11-22(26(23,24)15-5-3-2-4-6-15)12-16(13)18-20-17(21-25-18)14-7-9-19-10-8-14/h2-10,13,16H,11-12H2,1H3/t13-,16-/m0/s1. The van der Waals surface area contributed by atoms with Crippen molar-refractivity contribution >= 4 is 10.0 Å². The largest absolute Gasteiger partial charge is 0.339 e. The molecule has 1 aliphatic heterocycles. The van der Waals surface area contributed by atoms with Crippen molar-refractivity contribution in [1.29, 1.82) is 0 Å². The fraction of sp³-hybridized carbons (Fsp3) is 0.278. The molecule has 0 radical (unpaired) electrons. The number of hydrogen-bond acceptors (Lipinski definition) is 6. The van der Waals surface area contributed by atoms with Gasteiger partial charge >= 0.3 is 0 Å². The maximum atomic E-state index is 12.8. The third kappa shape index (κ3) is 3.02. The molecule has 8 heteroatoms. The molecular weight excluding hydrogens is 352 g/mol. The second-order valence-corrected chi connectivity index (χ2v) is 8.35. The van der Waals surface area contributed by atoms with Crippen molar-refractivity contribution in [3.05, 3.63) is 60.7 Å². The Morgan fingerprint density at radius 1 is 1.08 bits per heavy atom. The molecule has 3 heterocycles. The smallest absolute Gasteiger partial charge is 0.243 e. The van der Waals surface area contributed by atoms with Crippen LogP contribution in [0.25, 0.3) is 11.4 Å². The fourth-order valence-electron chi connectivity index (χ4n) is 3.19. The van der Waals surface area contributed by atoms with Crippen LogP contribution in [0.2, 0.25) is 0 Å². The number of rotatable bonds is 4. The summed E-state index contributed by atoms with van der Waals surface area (Å²) in [6.45, 7) is 2.76. The van der Waals surface area contributed by atoms with E-state index in [-0.39, 0.29) is 11.8 Å². The Bertz CT molecular complexity index is 990. The molecule has 3 aromatic rings. The molecule has 0 saturated carbocycles. The number of pyridine rings is 1. The van der Waals surface area contributed by atoms with Crippen LogP contribution >= 0.6 is 0 Å². The molecule has 1 aliphatic rings. The summed E-state index contributed by atoms with van der Waals surface area (Å²) in [5.41, 5.74) is 0.814. The van der Waals surface area contributed by atoms with Gasteiger partial charge < -0.3 is 4.52 Å². The van der Waals surface area contributed by atoms with Gasteiger partial charge in [0.1, 0.15) is 0 Å². The van der Waals surface area contributed by atoms with Crippen molar-refractivity contribution in [1.82, 2.24) is 19.4 Å². The predicted molar refractivity (Wildman–Crippen MR) is 94.6 cm³/mol. The molecule has 0 unspecified atom stereocenters. The second kappa shape index (κ2) is 6.62. The van der Waals surface area contributed by atoms with Crippen molar-refractivity contribution in [2.45, 2.75) is 17.7 Å². The topological polar surface area (TPSA) is 89.2 Å². The molecule has 26 heavy (non-hydrogen) atoms. The van der Waals surface area contributed by atoms with Gasteiger partial charge in [-0.25, -0.2) is 8.42 Å². The van der Waals surface area contributed by atoms with Gasteiger partial charge in [-0.2, -0.15) is 9.29 Å². The van der Waals surface area contributed by atoms with E-state index in [4.69, 9.17) is 4.52 Å². The molecule has 4 rings (SSSR count). The number of aromatic nitrogens is 3. The summed E-state index contributed by atoms with van der Waals surface area (Å²) in [7, 11) is -3.52. The average Bonchev–Trinajstić information content (AvgIpc) is 3.30. The molecule has 0 amide bonds. The van der Waals surface area contributed by atoms with E-state index in [0.29, 0.717) is 29.7 Å². The Morgan fingerprint density at radius 2 is 1.81 bits per heavy atom. The summed E-state index contributed by atoms with van der Waals surface area (Å²) >= 11 is 0. The van der Waals surface area contributed by atoms with E-state index in [1.54, 1.807) is 54.9 Å². The van der Waals surface area contributed by atoms with Gasteiger partial charge in [0.2, 0.25) is 21.7 Å². The van der Waals surface area contributed by atoms with E-state index in [9.17, 15) is 8.42 Å². The molecular formula is C18H18N4O3S. The summed E-state index contributed by atoms with van der Waals surface area (Å²) < 4.78 is 32.6. The van der Waals surface area contributed by atoms with Gasteiger partial charge in [-0.05, 0) is 30.2 Å². The molecule has 134 valence electrons. The minimum absolute atomic E-state index is 0.0826.